The number of sulfonamides is 1. The van der Waals surface area contributed by atoms with Crippen LogP contribution < -0.4 is 19.2 Å². The molecule has 0 spiro atoms. The summed E-state index contributed by atoms with van der Waals surface area (Å²) < 4.78 is 36.9. The van der Waals surface area contributed by atoms with Crippen molar-refractivity contribution in [1.29, 1.82) is 0 Å². The quantitative estimate of drug-likeness (QED) is 0.518. The summed E-state index contributed by atoms with van der Waals surface area (Å²) in [6, 6.07) is 12.1. The molecule has 0 atom stereocenters. The molecule has 0 saturated heterocycles. The van der Waals surface area contributed by atoms with Crippen LogP contribution in [0.2, 0.25) is 0 Å². The van der Waals surface area contributed by atoms with Crippen LogP contribution in [-0.2, 0) is 14.8 Å². The van der Waals surface area contributed by atoms with Gasteiger partial charge in [-0.3, -0.25) is 9.10 Å². The Hall–Kier alpha value is -2.59. The fraction of sp³-hybridized carbons (Fsp3) is 0.222. The fourth-order valence-corrected chi connectivity index (χ4v) is 4.06. The van der Waals surface area contributed by atoms with Crippen LogP contribution in [0, 0.1) is 0 Å². The number of amides is 1. The molecular weight excluding hydrogens is 450 g/mol. The van der Waals surface area contributed by atoms with Gasteiger partial charge in [0, 0.05) is 10.0 Å². The van der Waals surface area contributed by atoms with E-state index in [9.17, 15) is 13.2 Å². The molecule has 0 saturated carbocycles. The van der Waals surface area contributed by atoms with Crippen molar-refractivity contribution in [2.45, 2.75) is 0 Å². The van der Waals surface area contributed by atoms with Gasteiger partial charge in [0.25, 0.3) is 5.91 Å². The maximum atomic E-state index is 12.3. The minimum Gasteiger partial charge on any atom is -0.486 e. The molecule has 2 aromatic carbocycles. The van der Waals surface area contributed by atoms with Gasteiger partial charge in [0.15, 0.2) is 11.5 Å². The molecule has 0 radical (unpaired) electrons. The van der Waals surface area contributed by atoms with E-state index in [1.807, 2.05) is 0 Å². The Labute approximate surface area is 171 Å². The number of benzene rings is 2. The van der Waals surface area contributed by atoms with Crippen molar-refractivity contribution >= 4 is 43.8 Å². The molecule has 1 aliphatic heterocycles. The van der Waals surface area contributed by atoms with Crippen molar-refractivity contribution < 1.29 is 22.7 Å². The van der Waals surface area contributed by atoms with Crippen molar-refractivity contribution in [3.63, 3.8) is 0 Å². The number of carbonyl (C=O) groups is 1. The lowest BCUT2D eigenvalue weighted by atomic mass is 10.2. The minimum atomic E-state index is -3.67. The fourth-order valence-electron chi connectivity index (χ4n) is 2.57. The van der Waals surface area contributed by atoms with Crippen LogP contribution >= 0.6 is 15.9 Å². The first kappa shape index (κ1) is 20.2. The Morgan fingerprint density at radius 3 is 2.71 bits per heavy atom. The van der Waals surface area contributed by atoms with Crippen LogP contribution in [0.3, 0.4) is 0 Å². The highest BCUT2D eigenvalue weighted by Crippen LogP contribution is 2.32. The van der Waals surface area contributed by atoms with Crippen molar-refractivity contribution in [2.24, 2.45) is 5.10 Å². The molecule has 0 fully saturated rings. The predicted octanol–water partition coefficient (Wildman–Crippen LogP) is 2.14. The highest BCUT2D eigenvalue weighted by molar-refractivity contribution is 9.10. The first-order valence-electron chi connectivity index (χ1n) is 8.29. The Balaban J connectivity index is 1.71. The van der Waals surface area contributed by atoms with Gasteiger partial charge >= 0.3 is 0 Å². The lowest BCUT2D eigenvalue weighted by molar-refractivity contribution is -0.119. The molecule has 10 heteroatoms. The summed E-state index contributed by atoms with van der Waals surface area (Å²) in [6.07, 6.45) is 2.46. The van der Waals surface area contributed by atoms with Gasteiger partial charge in [0.2, 0.25) is 10.0 Å². The average molecular weight is 468 g/mol. The lowest BCUT2D eigenvalue weighted by Gasteiger charge is -2.22. The monoisotopic (exact) mass is 467 g/mol. The standard InChI is InChI=1S/C18H18BrN3O5S/c1-28(24,25)22(15-7-3-2-6-14(15)19)12-17(23)21-20-11-13-5-4-8-16-18(13)27-10-9-26-16/h2-8,11H,9-10,12H2,1H3,(H,21,23). The van der Waals surface area contributed by atoms with Gasteiger partial charge in [-0.05, 0) is 40.2 Å². The second-order valence-corrected chi connectivity index (χ2v) is 8.65. The molecule has 1 amide bonds. The topological polar surface area (TPSA) is 97.3 Å². The van der Waals surface area contributed by atoms with Crippen LogP contribution in [0.25, 0.3) is 0 Å². The third-order valence-electron chi connectivity index (χ3n) is 3.80. The second-order valence-electron chi connectivity index (χ2n) is 5.89. The number of rotatable bonds is 6. The van der Waals surface area contributed by atoms with Crippen LogP contribution in [0.15, 0.2) is 52.0 Å². The average Bonchev–Trinajstić information content (AvgIpc) is 2.66. The van der Waals surface area contributed by atoms with Gasteiger partial charge < -0.3 is 9.47 Å². The molecule has 1 aliphatic rings. The first-order chi connectivity index (χ1) is 13.4. The number of nitrogens with one attached hydrogen (secondary N) is 1. The van der Waals surface area contributed by atoms with E-state index in [-0.39, 0.29) is 0 Å². The van der Waals surface area contributed by atoms with E-state index in [1.165, 1.54) is 6.21 Å². The van der Waals surface area contributed by atoms with Gasteiger partial charge in [-0.2, -0.15) is 5.10 Å². The molecule has 0 bridgehead atoms. The van der Waals surface area contributed by atoms with Crippen molar-refractivity contribution in [3.05, 3.63) is 52.5 Å². The summed E-state index contributed by atoms with van der Waals surface area (Å²) in [7, 11) is -3.67. The Morgan fingerprint density at radius 2 is 1.96 bits per heavy atom. The summed E-state index contributed by atoms with van der Waals surface area (Å²) in [5, 5.41) is 3.91. The molecule has 2 aromatic rings. The lowest BCUT2D eigenvalue weighted by Crippen LogP contribution is -2.39. The van der Waals surface area contributed by atoms with Crippen LogP contribution in [0.4, 0.5) is 5.69 Å². The Morgan fingerprint density at radius 1 is 1.21 bits per heavy atom. The third kappa shape index (κ3) is 4.82. The number of fused-ring (bicyclic) bond motifs is 1. The normalized spacial score (nSPS) is 13.4. The second kappa shape index (κ2) is 8.61. The number of anilines is 1. The largest absolute Gasteiger partial charge is 0.486 e. The van der Waals surface area contributed by atoms with E-state index < -0.39 is 22.5 Å². The molecular formula is C18H18BrN3O5S. The number of nitrogens with zero attached hydrogens (tertiary/aromatic N) is 2. The Bertz CT molecular complexity index is 1010. The van der Waals surface area contributed by atoms with Gasteiger partial charge in [0.1, 0.15) is 19.8 Å². The summed E-state index contributed by atoms with van der Waals surface area (Å²) in [5.41, 5.74) is 3.35. The van der Waals surface area contributed by atoms with E-state index in [4.69, 9.17) is 9.47 Å². The van der Waals surface area contributed by atoms with E-state index >= 15 is 0 Å². The third-order valence-corrected chi connectivity index (χ3v) is 5.60. The van der Waals surface area contributed by atoms with E-state index in [0.717, 1.165) is 10.6 Å². The number of hydrogen-bond acceptors (Lipinski definition) is 6. The SMILES string of the molecule is CS(=O)(=O)N(CC(=O)NN=Cc1cccc2c1OCCO2)c1ccccc1Br. The van der Waals surface area contributed by atoms with Gasteiger partial charge in [-0.1, -0.05) is 18.2 Å². The molecule has 0 aliphatic carbocycles. The van der Waals surface area contributed by atoms with Crippen molar-refractivity contribution in [2.75, 3.05) is 30.3 Å². The van der Waals surface area contributed by atoms with E-state index in [1.54, 1.807) is 42.5 Å². The summed E-state index contributed by atoms with van der Waals surface area (Å²) >= 11 is 3.30. The zero-order valence-electron chi connectivity index (χ0n) is 15.0. The number of carbonyl (C=O) groups excluding carboxylic acids is 1. The molecule has 1 heterocycles. The molecule has 8 nitrogen and oxygen atoms in total. The number of ether oxygens (including phenoxy) is 2. The molecule has 148 valence electrons. The molecule has 1 N–H and O–H groups in total. The van der Waals surface area contributed by atoms with Gasteiger partial charge in [0.05, 0.1) is 18.2 Å². The molecule has 0 unspecified atom stereocenters. The maximum Gasteiger partial charge on any atom is 0.260 e. The number of hydrazone groups is 1. The molecule has 3 rings (SSSR count). The number of halogens is 1. The van der Waals surface area contributed by atoms with E-state index in [0.29, 0.717) is 40.4 Å². The molecule has 0 aromatic heterocycles. The smallest absolute Gasteiger partial charge is 0.260 e. The summed E-state index contributed by atoms with van der Waals surface area (Å²) in [6.45, 7) is 0.492. The minimum absolute atomic E-state index is 0.367. The van der Waals surface area contributed by atoms with Crippen LogP contribution in [-0.4, -0.2) is 46.6 Å². The maximum absolute atomic E-state index is 12.3. The summed E-state index contributed by atoms with van der Waals surface area (Å²) in [5.74, 6) is 0.579. The predicted molar refractivity (Wildman–Crippen MR) is 110 cm³/mol. The van der Waals surface area contributed by atoms with Crippen LogP contribution in [0.1, 0.15) is 5.56 Å². The van der Waals surface area contributed by atoms with Gasteiger partial charge in [-0.25, -0.2) is 13.8 Å². The number of hydrogen-bond donors (Lipinski definition) is 1. The highest BCUT2D eigenvalue weighted by Gasteiger charge is 2.22. The van der Waals surface area contributed by atoms with Crippen molar-refractivity contribution in [3.8, 4) is 11.5 Å². The van der Waals surface area contributed by atoms with Crippen LogP contribution in [0.5, 0.6) is 11.5 Å². The Kier molecular flexibility index (Phi) is 6.20. The van der Waals surface area contributed by atoms with Crippen molar-refractivity contribution in [1.82, 2.24) is 5.43 Å². The highest BCUT2D eigenvalue weighted by atomic mass is 79.9. The summed E-state index contributed by atoms with van der Waals surface area (Å²) in [4.78, 5) is 12.3. The zero-order valence-corrected chi connectivity index (χ0v) is 17.4. The zero-order chi connectivity index (χ0) is 20.1. The van der Waals surface area contributed by atoms with E-state index in [2.05, 4.69) is 26.5 Å². The van der Waals surface area contributed by atoms with Gasteiger partial charge in [-0.15, -0.1) is 0 Å². The first-order valence-corrected chi connectivity index (χ1v) is 10.9. The molecule has 28 heavy (non-hydrogen) atoms. The number of para-hydroxylation sites is 2.